The minimum absolute atomic E-state index is 0.0556. The highest BCUT2D eigenvalue weighted by Crippen LogP contribution is 2.50. The summed E-state index contributed by atoms with van der Waals surface area (Å²) in [4.78, 5) is 27.6. The number of benzene rings is 1. The van der Waals surface area contributed by atoms with Gasteiger partial charge in [-0.2, -0.15) is 0 Å². The second-order valence-electron chi connectivity index (χ2n) is 7.95. The Morgan fingerprint density at radius 1 is 1.41 bits per heavy atom. The number of ether oxygens (including phenoxy) is 1. The van der Waals surface area contributed by atoms with Crippen LogP contribution in [0.25, 0.3) is 0 Å². The third-order valence-electron chi connectivity index (χ3n) is 6.12. The molecule has 27 heavy (non-hydrogen) atoms. The number of halogens is 1. The van der Waals surface area contributed by atoms with Crippen molar-refractivity contribution >= 4 is 29.1 Å². The monoisotopic (exact) mass is 393 g/mol. The lowest BCUT2D eigenvalue weighted by Gasteiger charge is -2.57. The molecule has 3 unspecified atom stereocenters. The van der Waals surface area contributed by atoms with Crippen LogP contribution in [0.5, 0.6) is 0 Å². The minimum atomic E-state index is -1.04. The number of para-hydroxylation sites is 1. The number of rotatable bonds is 5. The van der Waals surface area contributed by atoms with E-state index in [1.165, 1.54) is 0 Å². The number of hydrogen-bond donors (Lipinski definition) is 2. The molecule has 1 heterocycles. The van der Waals surface area contributed by atoms with E-state index in [-0.39, 0.29) is 17.9 Å². The maximum atomic E-state index is 13.0. The Hall–Kier alpha value is -1.63. The molecule has 3 atom stereocenters. The van der Waals surface area contributed by atoms with Crippen LogP contribution in [0.2, 0.25) is 5.02 Å². The molecule has 1 aliphatic heterocycles. The fourth-order valence-corrected chi connectivity index (χ4v) is 4.26. The van der Waals surface area contributed by atoms with E-state index >= 15 is 0 Å². The van der Waals surface area contributed by atoms with Crippen LogP contribution in [-0.2, 0) is 14.3 Å². The maximum Gasteiger partial charge on any atom is 0.249 e. The highest BCUT2D eigenvalue weighted by molar-refractivity contribution is 6.33. The van der Waals surface area contributed by atoms with E-state index in [1.807, 2.05) is 39.0 Å². The average molecular weight is 394 g/mol. The molecule has 1 aliphatic carbocycles. The van der Waals surface area contributed by atoms with Crippen LogP contribution in [0.3, 0.4) is 0 Å². The number of piperidine rings is 1. The summed E-state index contributed by atoms with van der Waals surface area (Å²) in [5.74, 6) is -0.437. The molecule has 7 heteroatoms. The van der Waals surface area contributed by atoms with Crippen LogP contribution < -0.4 is 16.0 Å². The van der Waals surface area contributed by atoms with Crippen molar-refractivity contribution in [3.8, 4) is 0 Å². The number of nitrogens with one attached hydrogen (secondary N) is 1. The third kappa shape index (κ3) is 3.35. The molecule has 2 amide bonds. The Bertz CT molecular complexity index is 739. The Kier molecular flexibility index (Phi) is 5.52. The molecule has 2 aliphatic rings. The van der Waals surface area contributed by atoms with Crippen molar-refractivity contribution < 1.29 is 14.3 Å². The summed E-state index contributed by atoms with van der Waals surface area (Å²) >= 11 is 6.25. The molecular formula is C20H28ClN3O3. The number of amides is 2. The minimum Gasteiger partial charge on any atom is -0.378 e. The number of nitrogens with two attached hydrogens (primary N) is 1. The molecule has 0 aromatic heterocycles. The van der Waals surface area contributed by atoms with E-state index in [1.54, 1.807) is 11.0 Å². The maximum absolute atomic E-state index is 13.0. The molecule has 0 bridgehead atoms. The Morgan fingerprint density at radius 3 is 2.74 bits per heavy atom. The first kappa shape index (κ1) is 20.1. The zero-order chi connectivity index (χ0) is 19.8. The van der Waals surface area contributed by atoms with Gasteiger partial charge in [-0.05, 0) is 31.9 Å². The molecule has 0 spiro atoms. The predicted molar refractivity (Wildman–Crippen MR) is 106 cm³/mol. The Morgan fingerprint density at radius 2 is 2.11 bits per heavy atom. The topological polar surface area (TPSA) is 84.7 Å². The van der Waals surface area contributed by atoms with Gasteiger partial charge in [0.05, 0.1) is 16.8 Å². The first-order chi connectivity index (χ1) is 12.7. The molecule has 1 aromatic rings. The van der Waals surface area contributed by atoms with E-state index in [9.17, 15) is 9.59 Å². The molecule has 6 nitrogen and oxygen atoms in total. The number of carbonyl (C=O) groups excluding carboxylic acids is 2. The second-order valence-corrected chi connectivity index (χ2v) is 8.36. The van der Waals surface area contributed by atoms with Crippen LogP contribution in [0, 0.1) is 5.41 Å². The number of nitrogens with zero attached hydrogens (tertiary/aromatic N) is 1. The van der Waals surface area contributed by atoms with Crippen LogP contribution in [0.1, 0.15) is 40.0 Å². The molecule has 148 valence electrons. The SMILES string of the molecule is CCOC1CC(N)(C(=O)NC2CCCN(c3ccccc3Cl)C2=O)C1(C)C. The summed E-state index contributed by atoms with van der Waals surface area (Å²) in [5, 5.41) is 3.42. The van der Waals surface area contributed by atoms with Gasteiger partial charge in [-0.15, -0.1) is 0 Å². The second kappa shape index (κ2) is 7.41. The summed E-state index contributed by atoms with van der Waals surface area (Å²) in [7, 11) is 0. The Balaban J connectivity index is 1.71. The van der Waals surface area contributed by atoms with Crippen molar-refractivity contribution in [2.75, 3.05) is 18.1 Å². The van der Waals surface area contributed by atoms with Crippen molar-refractivity contribution in [3.63, 3.8) is 0 Å². The van der Waals surface area contributed by atoms with Gasteiger partial charge in [0.15, 0.2) is 0 Å². The van der Waals surface area contributed by atoms with Gasteiger partial charge in [-0.3, -0.25) is 9.59 Å². The number of carbonyl (C=O) groups is 2. The first-order valence-electron chi connectivity index (χ1n) is 9.49. The lowest BCUT2D eigenvalue weighted by atomic mass is 9.54. The fourth-order valence-electron chi connectivity index (χ4n) is 4.03. The van der Waals surface area contributed by atoms with E-state index in [0.29, 0.717) is 36.7 Å². The smallest absolute Gasteiger partial charge is 0.249 e. The molecule has 2 fully saturated rings. The highest BCUT2D eigenvalue weighted by Gasteiger charge is 2.63. The van der Waals surface area contributed by atoms with Crippen molar-refractivity contribution in [1.82, 2.24) is 5.32 Å². The zero-order valence-electron chi connectivity index (χ0n) is 16.1. The molecular weight excluding hydrogens is 366 g/mol. The quantitative estimate of drug-likeness (QED) is 0.804. The lowest BCUT2D eigenvalue weighted by Crippen LogP contribution is -2.76. The summed E-state index contributed by atoms with van der Waals surface area (Å²) in [6.45, 7) is 6.97. The third-order valence-corrected chi connectivity index (χ3v) is 6.44. The van der Waals surface area contributed by atoms with Crippen LogP contribution in [0.15, 0.2) is 24.3 Å². The normalized spacial score (nSPS) is 30.0. The van der Waals surface area contributed by atoms with Crippen LogP contribution >= 0.6 is 11.6 Å². The number of anilines is 1. The van der Waals surface area contributed by atoms with Gasteiger partial charge in [-0.25, -0.2) is 0 Å². The summed E-state index contributed by atoms with van der Waals surface area (Å²) in [6.07, 6.45) is 1.77. The van der Waals surface area contributed by atoms with Crippen LogP contribution in [0.4, 0.5) is 5.69 Å². The van der Waals surface area contributed by atoms with Crippen molar-refractivity contribution in [2.24, 2.45) is 11.1 Å². The van der Waals surface area contributed by atoms with E-state index in [2.05, 4.69) is 5.32 Å². The van der Waals surface area contributed by atoms with Gasteiger partial charge in [-0.1, -0.05) is 37.6 Å². The molecule has 1 saturated heterocycles. The molecule has 1 aromatic carbocycles. The molecule has 3 N–H and O–H groups in total. The van der Waals surface area contributed by atoms with E-state index in [4.69, 9.17) is 22.1 Å². The van der Waals surface area contributed by atoms with Crippen molar-refractivity contribution in [1.29, 1.82) is 0 Å². The summed E-state index contributed by atoms with van der Waals surface area (Å²) < 4.78 is 5.69. The van der Waals surface area contributed by atoms with Gasteiger partial charge in [0.2, 0.25) is 11.8 Å². The van der Waals surface area contributed by atoms with Gasteiger partial charge < -0.3 is 20.7 Å². The van der Waals surface area contributed by atoms with Gasteiger partial charge >= 0.3 is 0 Å². The van der Waals surface area contributed by atoms with Crippen molar-refractivity contribution in [3.05, 3.63) is 29.3 Å². The first-order valence-corrected chi connectivity index (χ1v) is 9.87. The lowest BCUT2D eigenvalue weighted by molar-refractivity contribution is -0.171. The fraction of sp³-hybridized carbons (Fsp3) is 0.600. The van der Waals surface area contributed by atoms with Gasteiger partial charge in [0.25, 0.3) is 0 Å². The molecule has 3 rings (SSSR count). The summed E-state index contributed by atoms with van der Waals surface area (Å²) in [6, 6.07) is 6.65. The van der Waals surface area contributed by atoms with Gasteiger partial charge in [0.1, 0.15) is 11.6 Å². The highest BCUT2D eigenvalue weighted by atomic mass is 35.5. The molecule has 0 radical (unpaired) electrons. The largest absolute Gasteiger partial charge is 0.378 e. The number of hydrogen-bond acceptors (Lipinski definition) is 4. The van der Waals surface area contributed by atoms with Crippen molar-refractivity contribution in [2.45, 2.75) is 57.7 Å². The Labute approximate surface area is 165 Å². The summed E-state index contributed by atoms with van der Waals surface area (Å²) in [5.41, 5.74) is 5.58. The predicted octanol–water partition coefficient (Wildman–Crippen LogP) is 2.48. The average Bonchev–Trinajstić information content (AvgIpc) is 2.63. The zero-order valence-corrected chi connectivity index (χ0v) is 16.9. The van der Waals surface area contributed by atoms with Crippen LogP contribution in [-0.4, -0.2) is 42.7 Å². The van der Waals surface area contributed by atoms with Gasteiger partial charge in [0, 0.05) is 25.0 Å². The van der Waals surface area contributed by atoms with E-state index < -0.39 is 17.0 Å². The van der Waals surface area contributed by atoms with E-state index in [0.717, 1.165) is 6.42 Å². The standard InChI is InChI=1S/C20H28ClN3O3/c1-4-27-16-12-20(22,19(16,2)3)18(26)23-14-9-7-11-24(17(14)25)15-10-6-5-8-13(15)21/h5-6,8,10,14,16H,4,7,9,11-12,22H2,1-3H3,(H,23,26). The molecule has 1 saturated carbocycles.